The smallest absolute Gasteiger partial charge is 0.0569 e. The van der Waals surface area contributed by atoms with E-state index in [1.807, 2.05) is 11.1 Å². The van der Waals surface area contributed by atoms with Crippen LogP contribution in [-0.2, 0) is 0 Å². The van der Waals surface area contributed by atoms with Crippen LogP contribution in [0, 0.1) is 52.3 Å². The van der Waals surface area contributed by atoms with Crippen molar-refractivity contribution in [1.29, 1.82) is 0 Å². The zero-order valence-corrected chi connectivity index (χ0v) is 20.9. The van der Waals surface area contributed by atoms with E-state index in [9.17, 15) is 5.11 Å². The van der Waals surface area contributed by atoms with Crippen molar-refractivity contribution in [2.75, 3.05) is 0 Å². The number of hydrogen-bond donors (Lipinski definition) is 1. The molecule has 4 aliphatic carbocycles. The SMILES string of the molecule is CC(C)C(C)C=C[C@@H](C)[C@H]1CC[C@H]2C3=C(CC[C@]12C)[C@@]1(C)CC[C@H](O)[C@@H](C)[C@@H]1CC3. The van der Waals surface area contributed by atoms with Crippen molar-refractivity contribution in [3.63, 3.8) is 0 Å². The van der Waals surface area contributed by atoms with Gasteiger partial charge in [0, 0.05) is 0 Å². The van der Waals surface area contributed by atoms with Gasteiger partial charge in [-0.25, -0.2) is 0 Å². The number of allylic oxidation sites excluding steroid dienone is 4. The van der Waals surface area contributed by atoms with Crippen molar-refractivity contribution in [2.45, 2.75) is 106 Å². The Kier molecular flexibility index (Phi) is 6.10. The molecule has 0 aromatic heterocycles. The zero-order valence-electron chi connectivity index (χ0n) is 20.9. The second kappa shape index (κ2) is 8.09. The van der Waals surface area contributed by atoms with E-state index >= 15 is 0 Å². The van der Waals surface area contributed by atoms with Crippen LogP contribution in [0.3, 0.4) is 0 Å². The molecule has 0 aromatic carbocycles. The third-order valence-corrected chi connectivity index (χ3v) is 11.0. The van der Waals surface area contributed by atoms with Gasteiger partial charge in [-0.15, -0.1) is 0 Å². The molecule has 1 nitrogen and oxygen atoms in total. The molecule has 170 valence electrons. The third kappa shape index (κ3) is 3.46. The lowest BCUT2D eigenvalue weighted by Crippen LogP contribution is -2.49. The first kappa shape index (κ1) is 22.6. The minimum absolute atomic E-state index is 0.0733. The maximum atomic E-state index is 10.5. The Bertz CT molecular complexity index is 701. The molecule has 0 aromatic rings. The van der Waals surface area contributed by atoms with Gasteiger partial charge in [-0.1, -0.05) is 71.8 Å². The van der Waals surface area contributed by atoms with E-state index in [0.717, 1.165) is 24.2 Å². The van der Waals surface area contributed by atoms with Gasteiger partial charge in [0.15, 0.2) is 0 Å². The van der Waals surface area contributed by atoms with Gasteiger partial charge in [-0.3, -0.25) is 0 Å². The molecule has 9 atom stereocenters. The summed E-state index contributed by atoms with van der Waals surface area (Å²) in [6.07, 6.45) is 15.4. The molecule has 4 aliphatic rings. The predicted molar refractivity (Wildman–Crippen MR) is 128 cm³/mol. The standard InChI is InChI=1S/C29H48O/c1-18(2)19(3)8-9-20(4)23-12-13-25-22-10-11-24-21(5)27(30)15-17-29(24,7)26(22)14-16-28(23,25)6/h8-9,18-21,23-25,27,30H,10-17H2,1-7H3/t19?,20-,21+,23-,24+,25+,27+,28-,29+/m1/s1. The molecular formula is C29H48O. The second-order valence-electron chi connectivity index (χ2n) is 12.6. The van der Waals surface area contributed by atoms with Crippen LogP contribution in [-0.4, -0.2) is 11.2 Å². The highest BCUT2D eigenvalue weighted by atomic mass is 16.3. The van der Waals surface area contributed by atoms with Crippen LogP contribution in [0.2, 0.25) is 0 Å². The van der Waals surface area contributed by atoms with Crippen molar-refractivity contribution < 1.29 is 5.11 Å². The van der Waals surface area contributed by atoms with E-state index in [4.69, 9.17) is 0 Å². The van der Waals surface area contributed by atoms with Crippen molar-refractivity contribution in [2.24, 2.45) is 52.3 Å². The topological polar surface area (TPSA) is 20.2 Å². The molecule has 0 aliphatic heterocycles. The Labute approximate surface area is 186 Å². The van der Waals surface area contributed by atoms with Crippen LogP contribution in [0.15, 0.2) is 23.3 Å². The van der Waals surface area contributed by atoms with Crippen LogP contribution in [0.1, 0.15) is 99.8 Å². The minimum Gasteiger partial charge on any atom is -0.393 e. The van der Waals surface area contributed by atoms with Crippen LogP contribution >= 0.6 is 0 Å². The fraction of sp³-hybridized carbons (Fsp3) is 0.862. The number of hydrogen-bond acceptors (Lipinski definition) is 1. The fourth-order valence-corrected chi connectivity index (χ4v) is 8.52. The average molecular weight is 413 g/mol. The summed E-state index contributed by atoms with van der Waals surface area (Å²) in [4.78, 5) is 0. The monoisotopic (exact) mass is 412 g/mol. The zero-order chi connectivity index (χ0) is 21.8. The van der Waals surface area contributed by atoms with Gasteiger partial charge in [0.25, 0.3) is 0 Å². The number of fused-ring (bicyclic) bond motifs is 4. The Morgan fingerprint density at radius 1 is 0.933 bits per heavy atom. The highest BCUT2D eigenvalue weighted by Gasteiger charge is 2.56. The van der Waals surface area contributed by atoms with Gasteiger partial charge in [-0.05, 0) is 104 Å². The molecular weight excluding hydrogens is 364 g/mol. The second-order valence-corrected chi connectivity index (χ2v) is 12.6. The van der Waals surface area contributed by atoms with E-state index in [1.165, 1.54) is 44.9 Å². The van der Waals surface area contributed by atoms with E-state index in [0.29, 0.717) is 34.5 Å². The molecule has 2 saturated carbocycles. The van der Waals surface area contributed by atoms with Crippen LogP contribution in [0.4, 0.5) is 0 Å². The molecule has 0 heterocycles. The Morgan fingerprint density at radius 2 is 1.67 bits per heavy atom. The molecule has 0 amide bonds. The Balaban J connectivity index is 1.58. The maximum Gasteiger partial charge on any atom is 0.0569 e. The van der Waals surface area contributed by atoms with Crippen molar-refractivity contribution in [3.05, 3.63) is 23.3 Å². The highest BCUT2D eigenvalue weighted by Crippen LogP contribution is 2.66. The molecule has 4 rings (SSSR count). The minimum atomic E-state index is -0.0733. The largest absolute Gasteiger partial charge is 0.393 e. The molecule has 0 spiro atoms. The van der Waals surface area contributed by atoms with E-state index in [1.54, 1.807) is 0 Å². The van der Waals surface area contributed by atoms with Gasteiger partial charge in [0.05, 0.1) is 6.10 Å². The first-order valence-electron chi connectivity index (χ1n) is 13.2. The quantitative estimate of drug-likeness (QED) is 0.467. The fourth-order valence-electron chi connectivity index (χ4n) is 8.52. The van der Waals surface area contributed by atoms with E-state index in [-0.39, 0.29) is 6.10 Å². The van der Waals surface area contributed by atoms with Gasteiger partial charge in [0.1, 0.15) is 0 Å². The van der Waals surface area contributed by atoms with Crippen molar-refractivity contribution in [3.8, 4) is 0 Å². The third-order valence-electron chi connectivity index (χ3n) is 11.0. The normalized spacial score (nSPS) is 46.0. The van der Waals surface area contributed by atoms with Gasteiger partial charge < -0.3 is 5.11 Å². The summed E-state index contributed by atoms with van der Waals surface area (Å²) in [6, 6.07) is 0. The lowest BCUT2D eigenvalue weighted by Gasteiger charge is -2.56. The maximum absolute atomic E-state index is 10.5. The molecule has 0 radical (unpaired) electrons. The summed E-state index contributed by atoms with van der Waals surface area (Å²) in [5.41, 5.74) is 4.61. The van der Waals surface area contributed by atoms with Gasteiger partial charge in [-0.2, -0.15) is 0 Å². The molecule has 0 saturated heterocycles. The summed E-state index contributed by atoms with van der Waals surface area (Å²) in [7, 11) is 0. The van der Waals surface area contributed by atoms with Gasteiger partial charge >= 0.3 is 0 Å². The molecule has 1 N–H and O–H groups in total. The van der Waals surface area contributed by atoms with Crippen LogP contribution < -0.4 is 0 Å². The van der Waals surface area contributed by atoms with Crippen LogP contribution in [0.25, 0.3) is 0 Å². The first-order valence-corrected chi connectivity index (χ1v) is 13.2. The number of aliphatic hydroxyl groups is 1. The summed E-state index contributed by atoms with van der Waals surface area (Å²) in [5, 5.41) is 10.5. The Morgan fingerprint density at radius 3 is 2.37 bits per heavy atom. The summed E-state index contributed by atoms with van der Waals surface area (Å²) >= 11 is 0. The van der Waals surface area contributed by atoms with E-state index in [2.05, 4.69) is 60.6 Å². The lowest BCUT2D eigenvalue weighted by molar-refractivity contribution is -0.0332. The molecule has 30 heavy (non-hydrogen) atoms. The summed E-state index contributed by atoms with van der Waals surface area (Å²) in [5.74, 6) is 4.93. The molecule has 0 bridgehead atoms. The number of aliphatic hydroxyl groups excluding tert-OH is 1. The highest BCUT2D eigenvalue weighted by molar-refractivity contribution is 5.35. The van der Waals surface area contributed by atoms with Crippen molar-refractivity contribution >= 4 is 0 Å². The average Bonchev–Trinajstić information content (AvgIpc) is 3.06. The number of rotatable bonds is 4. The molecule has 2 fully saturated rings. The molecule has 1 unspecified atom stereocenters. The van der Waals surface area contributed by atoms with Gasteiger partial charge in [0.2, 0.25) is 0 Å². The molecule has 1 heteroatoms. The van der Waals surface area contributed by atoms with E-state index < -0.39 is 0 Å². The lowest BCUT2D eigenvalue weighted by atomic mass is 9.49. The van der Waals surface area contributed by atoms with Crippen molar-refractivity contribution in [1.82, 2.24) is 0 Å². The summed E-state index contributed by atoms with van der Waals surface area (Å²) in [6.45, 7) is 17.1. The van der Waals surface area contributed by atoms with Crippen LogP contribution in [0.5, 0.6) is 0 Å². The first-order chi connectivity index (χ1) is 14.1. The predicted octanol–water partition coefficient (Wildman–Crippen LogP) is 7.80. The summed E-state index contributed by atoms with van der Waals surface area (Å²) < 4.78 is 0. The Hall–Kier alpha value is -0.560.